The summed E-state index contributed by atoms with van der Waals surface area (Å²) in [6.45, 7) is 0.411. The SMILES string of the molecule is N#CCCCOc1c(Cl)cc(Cl)cc1Cl. The maximum Gasteiger partial charge on any atom is 0.156 e. The summed E-state index contributed by atoms with van der Waals surface area (Å²) in [5.41, 5.74) is 0. The molecule has 0 spiro atoms. The molecule has 0 saturated carbocycles. The van der Waals surface area contributed by atoms with E-state index in [1.54, 1.807) is 12.1 Å². The van der Waals surface area contributed by atoms with E-state index in [2.05, 4.69) is 0 Å². The standard InChI is InChI=1S/C10H8Cl3NO/c11-7-5-8(12)10(9(13)6-7)15-4-2-1-3-14/h5-6H,1-2,4H2. The van der Waals surface area contributed by atoms with Gasteiger partial charge in [-0.05, 0) is 18.6 Å². The predicted molar refractivity (Wildman–Crippen MR) is 61.8 cm³/mol. The number of hydrogen-bond donors (Lipinski definition) is 0. The molecule has 0 unspecified atom stereocenters. The van der Waals surface area contributed by atoms with Crippen LogP contribution in [0.5, 0.6) is 5.75 Å². The first-order valence-corrected chi connectivity index (χ1v) is 5.43. The van der Waals surface area contributed by atoms with Crippen LogP contribution in [-0.4, -0.2) is 6.61 Å². The lowest BCUT2D eigenvalue weighted by Gasteiger charge is -2.09. The van der Waals surface area contributed by atoms with Gasteiger partial charge in [-0.25, -0.2) is 0 Å². The molecule has 1 aromatic carbocycles. The molecule has 0 heterocycles. The van der Waals surface area contributed by atoms with Crippen molar-refractivity contribution in [2.24, 2.45) is 0 Å². The van der Waals surface area contributed by atoms with Gasteiger partial charge in [0, 0.05) is 11.4 Å². The van der Waals surface area contributed by atoms with Crippen LogP contribution in [-0.2, 0) is 0 Å². The number of nitrogens with zero attached hydrogens (tertiary/aromatic N) is 1. The van der Waals surface area contributed by atoms with Gasteiger partial charge in [-0.2, -0.15) is 5.26 Å². The second kappa shape index (κ2) is 6.07. The lowest BCUT2D eigenvalue weighted by Crippen LogP contribution is -1.97. The van der Waals surface area contributed by atoms with Crippen molar-refractivity contribution in [1.82, 2.24) is 0 Å². The molecule has 0 aliphatic heterocycles. The third-order valence-corrected chi connectivity index (χ3v) is 2.42. The summed E-state index contributed by atoms with van der Waals surface area (Å²) in [7, 11) is 0. The molecule has 0 amide bonds. The predicted octanol–water partition coefficient (Wildman–Crippen LogP) is 4.33. The highest BCUT2D eigenvalue weighted by atomic mass is 35.5. The minimum absolute atomic E-state index is 0.379. The van der Waals surface area contributed by atoms with Crippen LogP contribution in [0.25, 0.3) is 0 Å². The molecule has 0 N–H and O–H groups in total. The van der Waals surface area contributed by atoms with E-state index in [4.69, 9.17) is 44.8 Å². The Morgan fingerprint density at radius 1 is 1.20 bits per heavy atom. The number of hydrogen-bond acceptors (Lipinski definition) is 2. The quantitative estimate of drug-likeness (QED) is 0.758. The van der Waals surface area contributed by atoms with Gasteiger partial charge >= 0.3 is 0 Å². The van der Waals surface area contributed by atoms with E-state index in [-0.39, 0.29) is 0 Å². The molecule has 0 bridgehead atoms. The zero-order chi connectivity index (χ0) is 11.3. The Kier molecular flexibility index (Phi) is 5.04. The molecule has 1 rings (SSSR count). The van der Waals surface area contributed by atoms with Crippen LogP contribution in [0.15, 0.2) is 12.1 Å². The van der Waals surface area contributed by atoms with E-state index < -0.39 is 0 Å². The summed E-state index contributed by atoms with van der Waals surface area (Å²) in [6.07, 6.45) is 1.09. The van der Waals surface area contributed by atoms with Gasteiger partial charge in [0.2, 0.25) is 0 Å². The van der Waals surface area contributed by atoms with Gasteiger partial charge < -0.3 is 4.74 Å². The van der Waals surface area contributed by atoms with E-state index in [1.165, 1.54) is 0 Å². The van der Waals surface area contributed by atoms with E-state index in [0.717, 1.165) is 0 Å². The highest BCUT2D eigenvalue weighted by molar-refractivity contribution is 6.40. The summed E-state index contributed by atoms with van der Waals surface area (Å²) >= 11 is 17.5. The molecule has 0 aliphatic rings. The average Bonchev–Trinajstić information content (AvgIpc) is 2.15. The van der Waals surface area contributed by atoms with Gasteiger partial charge in [0.25, 0.3) is 0 Å². The summed E-state index contributed by atoms with van der Waals surface area (Å²) < 4.78 is 5.35. The normalized spacial score (nSPS) is 9.73. The number of unbranched alkanes of at least 4 members (excludes halogenated alkanes) is 1. The highest BCUT2D eigenvalue weighted by Crippen LogP contribution is 2.35. The van der Waals surface area contributed by atoms with Gasteiger partial charge in [-0.1, -0.05) is 34.8 Å². The molecule has 80 valence electrons. The summed E-state index contributed by atoms with van der Waals surface area (Å²) in [4.78, 5) is 0. The van der Waals surface area contributed by atoms with Crippen molar-refractivity contribution in [3.8, 4) is 11.8 Å². The number of rotatable bonds is 4. The molecule has 1 aromatic rings. The van der Waals surface area contributed by atoms with Gasteiger partial charge in [-0.15, -0.1) is 0 Å². The van der Waals surface area contributed by atoms with Gasteiger partial charge in [0.1, 0.15) is 0 Å². The fourth-order valence-electron chi connectivity index (χ4n) is 0.992. The van der Waals surface area contributed by atoms with Crippen LogP contribution in [0.1, 0.15) is 12.8 Å². The van der Waals surface area contributed by atoms with Gasteiger partial charge in [0.05, 0.1) is 22.7 Å². The van der Waals surface area contributed by atoms with Crippen LogP contribution >= 0.6 is 34.8 Å². The lowest BCUT2D eigenvalue weighted by atomic mass is 10.3. The molecule has 0 fully saturated rings. The third kappa shape index (κ3) is 3.79. The molecule has 15 heavy (non-hydrogen) atoms. The largest absolute Gasteiger partial charge is 0.490 e. The number of benzene rings is 1. The van der Waals surface area contributed by atoms with Crippen LogP contribution in [0.2, 0.25) is 15.1 Å². The molecular formula is C10H8Cl3NO. The van der Waals surface area contributed by atoms with Crippen molar-refractivity contribution in [2.45, 2.75) is 12.8 Å². The molecule has 0 atom stereocenters. The van der Waals surface area contributed by atoms with E-state index in [1.807, 2.05) is 6.07 Å². The van der Waals surface area contributed by atoms with Crippen LogP contribution in [0, 0.1) is 11.3 Å². The zero-order valence-corrected chi connectivity index (χ0v) is 10.0. The second-order valence-electron chi connectivity index (χ2n) is 2.81. The molecule has 5 heteroatoms. The molecular weight excluding hydrogens is 256 g/mol. The summed E-state index contributed by atoms with van der Waals surface area (Å²) in [6, 6.07) is 5.15. The maximum atomic E-state index is 8.33. The Labute approximate surface area is 103 Å². The van der Waals surface area contributed by atoms with Crippen molar-refractivity contribution < 1.29 is 4.74 Å². The lowest BCUT2D eigenvalue weighted by molar-refractivity contribution is 0.313. The number of nitriles is 1. The van der Waals surface area contributed by atoms with Gasteiger partial charge in [-0.3, -0.25) is 0 Å². The smallest absolute Gasteiger partial charge is 0.156 e. The Morgan fingerprint density at radius 2 is 1.80 bits per heavy atom. The van der Waals surface area contributed by atoms with E-state index in [0.29, 0.717) is 40.3 Å². The fraction of sp³-hybridized carbons (Fsp3) is 0.300. The van der Waals surface area contributed by atoms with Crippen LogP contribution < -0.4 is 4.74 Å². The van der Waals surface area contributed by atoms with Crippen molar-refractivity contribution in [1.29, 1.82) is 5.26 Å². The fourth-order valence-corrected chi connectivity index (χ4v) is 1.92. The summed E-state index contributed by atoms with van der Waals surface area (Å²) in [5, 5.41) is 9.56. The second-order valence-corrected chi connectivity index (χ2v) is 4.06. The minimum Gasteiger partial charge on any atom is -0.490 e. The van der Waals surface area contributed by atoms with Crippen molar-refractivity contribution in [2.75, 3.05) is 6.61 Å². The Hall–Kier alpha value is -0.620. The molecule has 0 radical (unpaired) electrons. The number of ether oxygens (including phenoxy) is 1. The topological polar surface area (TPSA) is 33.0 Å². The van der Waals surface area contributed by atoms with Gasteiger partial charge in [0.15, 0.2) is 5.75 Å². The Morgan fingerprint density at radius 3 is 2.33 bits per heavy atom. The van der Waals surface area contributed by atoms with E-state index in [9.17, 15) is 0 Å². The minimum atomic E-state index is 0.379. The first kappa shape index (κ1) is 12.4. The maximum absolute atomic E-state index is 8.33. The molecule has 0 saturated heterocycles. The molecule has 0 aromatic heterocycles. The first-order chi connectivity index (χ1) is 7.15. The Bertz CT molecular complexity index is 364. The number of halogens is 3. The first-order valence-electron chi connectivity index (χ1n) is 4.29. The molecule has 2 nitrogen and oxygen atoms in total. The van der Waals surface area contributed by atoms with Crippen molar-refractivity contribution >= 4 is 34.8 Å². The third-order valence-electron chi connectivity index (χ3n) is 1.64. The van der Waals surface area contributed by atoms with Crippen molar-refractivity contribution in [3.05, 3.63) is 27.2 Å². The monoisotopic (exact) mass is 263 g/mol. The van der Waals surface area contributed by atoms with Crippen LogP contribution in [0.3, 0.4) is 0 Å². The summed E-state index contributed by atoms with van der Waals surface area (Å²) in [5.74, 6) is 0.417. The Balaban J connectivity index is 2.65. The van der Waals surface area contributed by atoms with Crippen LogP contribution in [0.4, 0.5) is 0 Å². The van der Waals surface area contributed by atoms with E-state index >= 15 is 0 Å². The highest BCUT2D eigenvalue weighted by Gasteiger charge is 2.08. The zero-order valence-electron chi connectivity index (χ0n) is 7.77. The van der Waals surface area contributed by atoms with Crippen molar-refractivity contribution in [3.63, 3.8) is 0 Å². The molecule has 0 aliphatic carbocycles. The average molecular weight is 265 g/mol.